The van der Waals surface area contributed by atoms with Gasteiger partial charge in [0.25, 0.3) is 46.0 Å². The minimum atomic E-state index is -5.49. The predicted octanol–water partition coefficient (Wildman–Crippen LogP) is 2.61. The molecular weight excluding hydrogens is 933 g/mol. The first-order chi connectivity index (χ1) is 29.8. The molecule has 0 fully saturated rings. The van der Waals surface area contributed by atoms with Crippen LogP contribution in [0.5, 0.6) is 5.75 Å². The van der Waals surface area contributed by atoms with E-state index < -0.39 is 119 Å². The van der Waals surface area contributed by atoms with Crippen molar-refractivity contribution in [3.63, 3.8) is 0 Å². The number of fused-ring (bicyclic) bond motifs is 2. The standard InChI is InChI=1S/C35H24N8O17S4/c1-2-60-31-27-16-5-3-4-6-17(16)30(46)29-19(9-8-18(28(27)29)38-32(31)47)37-21-12-22(25(64(57,58)59)13-24(21)63(54,55)56)40-35-42-33(36-14-26(44)45)41-34(43-35)39-20-11-15(61(48,49)50)7-10-23(20)62(51,52)53/h1,3-13,37H,14H2,(H,38,47)(H,44,45)(H,48,49,50)(H,51,52,53)(H,54,55,56)(H,57,58,59)(H3,36,39,40,41,42,43). The molecule has 2 aromatic heterocycles. The number of aromatic amines is 1. The van der Waals surface area contributed by atoms with Gasteiger partial charge in [0.2, 0.25) is 23.6 Å². The molecule has 4 aromatic carbocycles. The molecule has 1 aliphatic rings. The fourth-order valence-electron chi connectivity index (χ4n) is 6.44. The summed E-state index contributed by atoms with van der Waals surface area (Å²) < 4.78 is 144. The molecule has 0 radical (unpaired) electrons. The quantitative estimate of drug-likeness (QED) is 0.0553. The first kappa shape index (κ1) is 44.5. The van der Waals surface area contributed by atoms with Crippen molar-refractivity contribution in [3.8, 4) is 29.4 Å². The highest BCUT2D eigenvalue weighted by atomic mass is 32.2. The zero-order chi connectivity index (χ0) is 46.7. The molecular formula is C35H24N8O17S4. The van der Waals surface area contributed by atoms with Crippen LogP contribution >= 0.6 is 0 Å². The van der Waals surface area contributed by atoms with Crippen LogP contribution in [-0.4, -0.2) is 95.2 Å². The number of carbonyl (C=O) groups is 2. The fourth-order valence-corrected chi connectivity index (χ4v) is 8.96. The maximum absolute atomic E-state index is 14.2. The number of terminal acetylenes is 1. The van der Waals surface area contributed by atoms with Crippen molar-refractivity contribution in [2.45, 2.75) is 19.6 Å². The number of nitrogens with zero attached hydrogens (tertiary/aromatic N) is 3. The number of hydrogen-bond acceptors (Lipinski definition) is 19. The van der Waals surface area contributed by atoms with Gasteiger partial charge in [-0.05, 0) is 48.0 Å². The van der Waals surface area contributed by atoms with E-state index in [2.05, 4.69) is 41.2 Å². The smallest absolute Gasteiger partial charge is 0.322 e. The van der Waals surface area contributed by atoms with Gasteiger partial charge in [-0.2, -0.15) is 48.6 Å². The molecule has 6 aromatic rings. The Balaban J connectivity index is 1.42. The Labute approximate surface area is 358 Å². The van der Waals surface area contributed by atoms with E-state index in [1.807, 2.05) is 6.11 Å². The summed E-state index contributed by atoms with van der Waals surface area (Å²) in [5.41, 5.74) is -3.03. The fraction of sp³-hybridized carbons (Fsp3) is 0.0286. The van der Waals surface area contributed by atoms with E-state index >= 15 is 0 Å². The third-order valence-electron chi connectivity index (χ3n) is 8.93. The second-order valence-electron chi connectivity index (χ2n) is 13.0. The third kappa shape index (κ3) is 8.73. The molecule has 0 unspecified atom stereocenters. The topological polar surface area (TPSA) is 401 Å². The number of anilines is 7. The maximum Gasteiger partial charge on any atom is 0.322 e. The number of pyridine rings is 1. The van der Waals surface area contributed by atoms with E-state index in [1.54, 1.807) is 6.07 Å². The number of carboxylic acid groups (broad SMARTS) is 1. The van der Waals surface area contributed by atoms with E-state index in [1.165, 1.54) is 30.3 Å². The van der Waals surface area contributed by atoms with Gasteiger partial charge >= 0.3 is 5.97 Å². The highest BCUT2D eigenvalue weighted by molar-refractivity contribution is 7.87. The number of aromatic nitrogens is 4. The van der Waals surface area contributed by atoms with Crippen LogP contribution < -0.4 is 31.6 Å². The maximum atomic E-state index is 14.2. The zero-order valence-corrected chi connectivity index (χ0v) is 34.5. The number of benzene rings is 4. The minimum Gasteiger partial charge on any atom is -0.480 e. The molecule has 0 atom stereocenters. The van der Waals surface area contributed by atoms with Crippen molar-refractivity contribution in [3.05, 3.63) is 88.2 Å². The molecule has 2 heterocycles. The molecule has 330 valence electrons. The van der Waals surface area contributed by atoms with Gasteiger partial charge in [-0.15, -0.1) is 0 Å². The number of carbonyl (C=O) groups excluding carboxylic acids is 1. The number of hydrogen-bond donors (Lipinski definition) is 10. The lowest BCUT2D eigenvalue weighted by Crippen LogP contribution is -2.18. The van der Waals surface area contributed by atoms with Gasteiger partial charge in [-0.3, -0.25) is 32.6 Å². The van der Waals surface area contributed by atoms with Crippen molar-refractivity contribution < 1.29 is 71.3 Å². The van der Waals surface area contributed by atoms with Crippen LogP contribution in [0.4, 0.5) is 40.6 Å². The summed E-state index contributed by atoms with van der Waals surface area (Å²) in [5, 5.41) is 18.8. The van der Waals surface area contributed by atoms with Crippen LogP contribution in [0, 0.1) is 12.5 Å². The number of rotatable bonds is 14. The molecule has 64 heavy (non-hydrogen) atoms. The Hall–Kier alpha value is -7.56. The lowest BCUT2D eigenvalue weighted by molar-refractivity contribution is -0.134. The Morgan fingerprint density at radius 1 is 0.656 bits per heavy atom. The number of ether oxygens (including phenoxy) is 1. The van der Waals surface area contributed by atoms with E-state index in [4.69, 9.17) is 11.2 Å². The average Bonchev–Trinajstić information content (AvgIpc) is 3.18. The molecule has 7 rings (SSSR count). The van der Waals surface area contributed by atoms with E-state index in [0.717, 1.165) is 0 Å². The lowest BCUT2D eigenvalue weighted by atomic mass is 9.83. The van der Waals surface area contributed by atoms with Gasteiger partial charge in [-0.1, -0.05) is 30.7 Å². The van der Waals surface area contributed by atoms with Crippen molar-refractivity contribution in [1.82, 2.24) is 19.9 Å². The monoisotopic (exact) mass is 956 g/mol. The molecule has 10 N–H and O–H groups in total. The van der Waals surface area contributed by atoms with Gasteiger partial charge in [0.05, 0.1) is 38.7 Å². The highest BCUT2D eigenvalue weighted by Crippen LogP contribution is 2.46. The van der Waals surface area contributed by atoms with Gasteiger partial charge in [0, 0.05) is 16.5 Å². The van der Waals surface area contributed by atoms with Crippen LogP contribution in [-0.2, 0) is 45.3 Å². The van der Waals surface area contributed by atoms with Crippen molar-refractivity contribution in [2.24, 2.45) is 0 Å². The molecule has 0 bridgehead atoms. The summed E-state index contributed by atoms with van der Waals surface area (Å²) in [6.07, 6.45) is 7.28. The average molecular weight is 957 g/mol. The molecule has 0 saturated heterocycles. The van der Waals surface area contributed by atoms with E-state index in [9.17, 15) is 71.4 Å². The molecule has 29 heteroatoms. The Kier molecular flexibility index (Phi) is 11.1. The first-order valence-electron chi connectivity index (χ1n) is 17.1. The van der Waals surface area contributed by atoms with Gasteiger partial charge < -0.3 is 36.1 Å². The minimum absolute atomic E-state index is 0.0390. The van der Waals surface area contributed by atoms with Gasteiger partial charge in [-0.25, -0.2) is 0 Å². The largest absolute Gasteiger partial charge is 0.480 e. The summed E-state index contributed by atoms with van der Waals surface area (Å²) in [6, 6.07) is 11.3. The van der Waals surface area contributed by atoms with E-state index in [0.29, 0.717) is 30.3 Å². The number of nitrogens with one attached hydrogen (secondary N) is 5. The molecule has 0 aliphatic heterocycles. The Morgan fingerprint density at radius 2 is 1.22 bits per heavy atom. The number of carboxylic acids is 1. The SMILES string of the molecule is C#COc1c2c3c(c(Nc4cc(Nc5nc(NCC(=O)O)nc(Nc6cc(S(=O)(=O)O)ccc6S(=O)(=O)O)n5)c(S(=O)(=O)O)cc4S(=O)(=O)O)ccc3[nH]c1=O)C(=O)c1ccccc1-2. The van der Waals surface area contributed by atoms with Gasteiger partial charge in [0.1, 0.15) is 27.3 Å². The second-order valence-corrected chi connectivity index (χ2v) is 18.6. The summed E-state index contributed by atoms with van der Waals surface area (Å²) in [5.74, 6) is -4.79. The van der Waals surface area contributed by atoms with Crippen LogP contribution in [0.3, 0.4) is 0 Å². The number of ketones is 1. The summed E-state index contributed by atoms with van der Waals surface area (Å²) >= 11 is 0. The normalized spacial score (nSPS) is 12.5. The number of H-pyrrole nitrogens is 1. The van der Waals surface area contributed by atoms with Crippen LogP contribution in [0.25, 0.3) is 22.0 Å². The molecule has 0 saturated carbocycles. The summed E-state index contributed by atoms with van der Waals surface area (Å²) in [6.45, 7) is -0.895. The van der Waals surface area contributed by atoms with Crippen molar-refractivity contribution in [2.75, 3.05) is 27.8 Å². The van der Waals surface area contributed by atoms with Gasteiger partial charge in [0.15, 0.2) is 5.78 Å². The Bertz CT molecular complexity index is 3610. The molecule has 1 aliphatic carbocycles. The predicted molar refractivity (Wildman–Crippen MR) is 221 cm³/mol. The lowest BCUT2D eigenvalue weighted by Gasteiger charge is -2.24. The van der Waals surface area contributed by atoms with E-state index in [-0.39, 0.29) is 44.6 Å². The second kappa shape index (κ2) is 16.0. The van der Waals surface area contributed by atoms with Crippen molar-refractivity contribution >= 4 is 104 Å². The van der Waals surface area contributed by atoms with Crippen molar-refractivity contribution in [1.29, 1.82) is 0 Å². The van der Waals surface area contributed by atoms with Crippen LogP contribution in [0.1, 0.15) is 15.9 Å². The summed E-state index contributed by atoms with van der Waals surface area (Å²) in [4.78, 5) is 48.6. The molecule has 0 spiro atoms. The Morgan fingerprint density at radius 3 is 1.78 bits per heavy atom. The van der Waals surface area contributed by atoms with Crippen LogP contribution in [0.15, 0.2) is 91.1 Å². The third-order valence-corrected chi connectivity index (χ3v) is 12.5. The highest BCUT2D eigenvalue weighted by Gasteiger charge is 2.33. The van der Waals surface area contributed by atoms with Crippen LogP contribution in [0.2, 0.25) is 0 Å². The molecule has 0 amide bonds. The first-order valence-corrected chi connectivity index (χ1v) is 22.9. The summed E-state index contributed by atoms with van der Waals surface area (Å²) in [7, 11) is -21.1. The zero-order valence-electron chi connectivity index (χ0n) is 31.2. The number of aliphatic carboxylic acids is 1. The molecule has 25 nitrogen and oxygen atoms in total.